The second kappa shape index (κ2) is 7.67. The molecule has 0 spiro atoms. The number of thioether (sulfide) groups is 1. The molecule has 1 unspecified atom stereocenters. The normalized spacial score (nSPS) is 19.2. The lowest BCUT2D eigenvalue weighted by Crippen LogP contribution is -2.29. The Morgan fingerprint density at radius 3 is 2.90 bits per heavy atom. The number of nitrogens with one attached hydrogen (secondary N) is 2. The molecular weight excluding hydrogens is 306 g/mol. The van der Waals surface area contributed by atoms with E-state index in [1.807, 2.05) is 23.4 Å². The van der Waals surface area contributed by atoms with Gasteiger partial charge in [0.25, 0.3) is 0 Å². The molecule has 2 heterocycles. The van der Waals surface area contributed by atoms with E-state index in [2.05, 4.69) is 17.0 Å². The molecule has 0 amide bonds. The third kappa shape index (κ3) is 4.48. The molecular formula is C14H25N3O2S2. The second-order valence-electron chi connectivity index (χ2n) is 5.38. The van der Waals surface area contributed by atoms with Gasteiger partial charge in [0.05, 0.1) is 4.90 Å². The van der Waals surface area contributed by atoms with Gasteiger partial charge in [-0.15, -0.1) is 0 Å². The van der Waals surface area contributed by atoms with Crippen molar-refractivity contribution in [2.45, 2.75) is 49.4 Å². The highest BCUT2D eigenvalue weighted by atomic mass is 32.2. The Morgan fingerprint density at radius 2 is 2.29 bits per heavy atom. The third-order valence-corrected chi connectivity index (χ3v) is 6.41. The van der Waals surface area contributed by atoms with Crippen LogP contribution in [0.25, 0.3) is 0 Å². The molecule has 120 valence electrons. The van der Waals surface area contributed by atoms with Crippen LogP contribution in [0, 0.1) is 0 Å². The molecule has 5 nitrogen and oxygen atoms in total. The predicted octanol–water partition coefficient (Wildman–Crippen LogP) is 1.79. The van der Waals surface area contributed by atoms with Crippen LogP contribution in [0.2, 0.25) is 0 Å². The maximum Gasteiger partial charge on any atom is 0.242 e. The van der Waals surface area contributed by atoms with Crippen LogP contribution >= 0.6 is 11.8 Å². The van der Waals surface area contributed by atoms with Crippen molar-refractivity contribution in [2.75, 3.05) is 19.3 Å². The molecule has 7 heteroatoms. The summed E-state index contributed by atoms with van der Waals surface area (Å²) in [5.74, 6) is 1.14. The fourth-order valence-corrected chi connectivity index (χ4v) is 4.99. The van der Waals surface area contributed by atoms with Gasteiger partial charge in [-0.1, -0.05) is 6.92 Å². The number of hydrogen-bond acceptors (Lipinski definition) is 4. The Balaban J connectivity index is 2.08. The zero-order chi connectivity index (χ0) is 15.3. The predicted molar refractivity (Wildman–Crippen MR) is 88.2 cm³/mol. The van der Waals surface area contributed by atoms with E-state index in [-0.39, 0.29) is 0 Å². The molecule has 0 radical (unpaired) electrons. The number of aryl methyl sites for hydroxylation is 1. The molecule has 0 bridgehead atoms. The molecule has 1 aromatic rings. The maximum atomic E-state index is 12.4. The molecule has 0 aliphatic carbocycles. The maximum absolute atomic E-state index is 12.4. The molecule has 1 aromatic heterocycles. The number of sulfonamides is 1. The van der Waals surface area contributed by atoms with Gasteiger partial charge in [0.2, 0.25) is 10.0 Å². The first-order valence-corrected chi connectivity index (χ1v) is 10.0. The molecule has 2 N–H and O–H groups in total. The molecule has 1 atom stereocenters. The minimum absolute atomic E-state index is 0.379. The monoisotopic (exact) mass is 331 g/mol. The molecule has 1 aliphatic heterocycles. The van der Waals surface area contributed by atoms with Crippen LogP contribution in [0.4, 0.5) is 0 Å². The van der Waals surface area contributed by atoms with Crippen LogP contribution in [-0.2, 0) is 23.1 Å². The Labute approximate surface area is 131 Å². The van der Waals surface area contributed by atoms with E-state index >= 15 is 0 Å². The van der Waals surface area contributed by atoms with Gasteiger partial charge in [0.1, 0.15) is 0 Å². The van der Waals surface area contributed by atoms with Crippen molar-refractivity contribution in [3.8, 4) is 0 Å². The second-order valence-corrected chi connectivity index (χ2v) is 8.55. The molecule has 1 fully saturated rings. The lowest BCUT2D eigenvalue weighted by Gasteiger charge is -2.09. The third-order valence-electron chi connectivity index (χ3n) is 3.62. The largest absolute Gasteiger partial charge is 0.349 e. The van der Waals surface area contributed by atoms with Crippen molar-refractivity contribution in [1.29, 1.82) is 0 Å². The number of rotatable bonds is 8. The average molecular weight is 332 g/mol. The zero-order valence-electron chi connectivity index (χ0n) is 12.8. The van der Waals surface area contributed by atoms with Crippen LogP contribution in [0.5, 0.6) is 0 Å². The summed E-state index contributed by atoms with van der Waals surface area (Å²) < 4.78 is 29.6. The minimum atomic E-state index is -3.40. The fraction of sp³-hybridized carbons (Fsp3) is 0.714. The van der Waals surface area contributed by atoms with E-state index in [1.54, 1.807) is 12.3 Å². The van der Waals surface area contributed by atoms with Crippen LogP contribution in [-0.4, -0.2) is 37.6 Å². The molecule has 1 saturated heterocycles. The molecule has 0 aromatic carbocycles. The summed E-state index contributed by atoms with van der Waals surface area (Å²) in [6, 6.07) is 1.77. The Bertz CT molecular complexity index is 525. The van der Waals surface area contributed by atoms with Crippen LogP contribution in [0.15, 0.2) is 17.2 Å². The van der Waals surface area contributed by atoms with Crippen molar-refractivity contribution in [1.82, 2.24) is 14.6 Å². The summed E-state index contributed by atoms with van der Waals surface area (Å²) in [4.78, 5) is 0.379. The Kier molecular flexibility index (Phi) is 6.16. The zero-order valence-corrected chi connectivity index (χ0v) is 14.4. The van der Waals surface area contributed by atoms with E-state index < -0.39 is 10.0 Å². The topological polar surface area (TPSA) is 63.1 Å². The van der Waals surface area contributed by atoms with Gasteiger partial charge in [-0.25, -0.2) is 13.1 Å². The highest BCUT2D eigenvalue weighted by molar-refractivity contribution is 8.00. The van der Waals surface area contributed by atoms with Crippen LogP contribution in [0.1, 0.15) is 31.9 Å². The van der Waals surface area contributed by atoms with Crippen molar-refractivity contribution in [3.63, 3.8) is 0 Å². The highest BCUT2D eigenvalue weighted by Crippen LogP contribution is 2.25. The molecule has 1 aliphatic rings. The number of hydrogen-bond donors (Lipinski definition) is 2. The Hall–Kier alpha value is -0.500. The van der Waals surface area contributed by atoms with E-state index in [4.69, 9.17) is 0 Å². The summed E-state index contributed by atoms with van der Waals surface area (Å²) in [5.41, 5.74) is 1.01. The van der Waals surface area contributed by atoms with Crippen LogP contribution in [0.3, 0.4) is 0 Å². The van der Waals surface area contributed by atoms with Crippen molar-refractivity contribution < 1.29 is 8.42 Å². The summed E-state index contributed by atoms with van der Waals surface area (Å²) in [5, 5.41) is 3.51. The van der Waals surface area contributed by atoms with Gasteiger partial charge in [-0.3, -0.25) is 0 Å². The Morgan fingerprint density at radius 1 is 1.48 bits per heavy atom. The molecule has 21 heavy (non-hydrogen) atoms. The average Bonchev–Trinajstić information content (AvgIpc) is 3.08. The lowest BCUT2D eigenvalue weighted by atomic mass is 10.2. The van der Waals surface area contributed by atoms with Crippen molar-refractivity contribution >= 4 is 21.8 Å². The van der Waals surface area contributed by atoms with Crippen molar-refractivity contribution in [2.24, 2.45) is 0 Å². The van der Waals surface area contributed by atoms with Gasteiger partial charge >= 0.3 is 0 Å². The van der Waals surface area contributed by atoms with E-state index in [9.17, 15) is 8.42 Å². The molecule has 0 saturated carbocycles. The van der Waals surface area contributed by atoms with Gasteiger partial charge in [-0.2, -0.15) is 11.8 Å². The lowest BCUT2D eigenvalue weighted by molar-refractivity contribution is 0.578. The quantitative estimate of drug-likeness (QED) is 0.762. The summed E-state index contributed by atoms with van der Waals surface area (Å²) in [6.45, 7) is 4.14. The van der Waals surface area contributed by atoms with Gasteiger partial charge in [0.15, 0.2) is 0 Å². The summed E-state index contributed by atoms with van der Waals surface area (Å²) in [6.07, 6.45) is 5.03. The standard InChI is InChI=1S/C14H25N3O2S2/c1-3-6-17-11-14(8-12(17)9-15-2)21(18,19)16-10-13-5-4-7-20-13/h8,11,13,15-16H,3-7,9-10H2,1-2H3. The van der Waals surface area contributed by atoms with Crippen molar-refractivity contribution in [3.05, 3.63) is 18.0 Å². The van der Waals surface area contributed by atoms with Crippen LogP contribution < -0.4 is 10.0 Å². The van der Waals surface area contributed by atoms with Gasteiger partial charge in [0, 0.05) is 36.8 Å². The first-order chi connectivity index (χ1) is 10.1. The minimum Gasteiger partial charge on any atom is -0.349 e. The molecule has 2 rings (SSSR count). The fourth-order valence-electron chi connectivity index (χ4n) is 2.54. The van der Waals surface area contributed by atoms with E-state index in [0.717, 1.165) is 30.8 Å². The number of aromatic nitrogens is 1. The van der Waals surface area contributed by atoms with Gasteiger partial charge < -0.3 is 9.88 Å². The van der Waals surface area contributed by atoms with E-state index in [0.29, 0.717) is 23.2 Å². The first kappa shape index (κ1) is 16.9. The van der Waals surface area contributed by atoms with Gasteiger partial charge in [-0.05, 0) is 38.1 Å². The SMILES string of the molecule is CCCn1cc(S(=O)(=O)NCC2CCCS2)cc1CNC. The number of nitrogens with zero attached hydrogens (tertiary/aromatic N) is 1. The van der Waals surface area contributed by atoms with E-state index in [1.165, 1.54) is 6.42 Å². The summed E-state index contributed by atoms with van der Waals surface area (Å²) >= 11 is 1.86. The summed E-state index contributed by atoms with van der Waals surface area (Å²) in [7, 11) is -1.53. The first-order valence-electron chi connectivity index (χ1n) is 7.51. The smallest absolute Gasteiger partial charge is 0.242 e. The highest BCUT2D eigenvalue weighted by Gasteiger charge is 2.22.